The number of alkyl halides is 3. The first-order valence-electron chi connectivity index (χ1n) is 6.60. The van der Waals surface area contributed by atoms with Crippen molar-refractivity contribution in [3.63, 3.8) is 0 Å². The normalized spacial score (nSPS) is 16.7. The minimum absolute atomic E-state index is 0.135. The number of sulfonamides is 1. The van der Waals surface area contributed by atoms with Gasteiger partial charge in [0.05, 0.1) is 5.75 Å². The number of nitrogens with two attached hydrogens (primary N) is 1. The summed E-state index contributed by atoms with van der Waals surface area (Å²) in [7, 11) is -3.69. The zero-order valence-corrected chi connectivity index (χ0v) is 12.2. The number of benzene rings is 1. The molecule has 0 aromatic heterocycles. The Morgan fingerprint density at radius 3 is 2.67 bits per heavy atom. The molecule has 1 heterocycles. The molecule has 1 aromatic carbocycles. The monoisotopic (exact) mass is 322 g/mol. The van der Waals surface area contributed by atoms with E-state index in [9.17, 15) is 21.6 Å². The van der Waals surface area contributed by atoms with Gasteiger partial charge >= 0.3 is 6.18 Å². The average Bonchev–Trinajstić information content (AvgIpc) is 2.37. The zero-order valence-electron chi connectivity index (χ0n) is 11.4. The molecule has 0 spiro atoms. The van der Waals surface area contributed by atoms with Crippen LogP contribution in [0.25, 0.3) is 0 Å². The van der Waals surface area contributed by atoms with Crippen LogP contribution in [0.5, 0.6) is 0 Å². The number of nitrogens with zero attached hydrogens (tertiary/aromatic N) is 1. The molecule has 0 atom stereocenters. The van der Waals surface area contributed by atoms with Gasteiger partial charge in [-0.1, -0.05) is 12.1 Å². The first-order valence-corrected chi connectivity index (χ1v) is 8.21. The van der Waals surface area contributed by atoms with Crippen LogP contribution in [0, 0.1) is 0 Å². The maximum Gasteiger partial charge on any atom is 0.389 e. The molecule has 0 fully saturated rings. The van der Waals surface area contributed by atoms with Gasteiger partial charge in [-0.15, -0.1) is 0 Å². The summed E-state index contributed by atoms with van der Waals surface area (Å²) in [6.45, 7) is 0.418. The smallest absolute Gasteiger partial charge is 0.389 e. The van der Waals surface area contributed by atoms with Crippen molar-refractivity contribution in [3.8, 4) is 0 Å². The molecule has 1 aliphatic rings. The number of nitrogen functional groups attached to an aromatic ring is 1. The minimum Gasteiger partial charge on any atom is -0.398 e. The average molecular weight is 322 g/mol. The molecule has 0 amide bonds. The van der Waals surface area contributed by atoms with E-state index in [1.807, 2.05) is 12.1 Å². The molecule has 118 valence electrons. The van der Waals surface area contributed by atoms with Crippen LogP contribution >= 0.6 is 0 Å². The highest BCUT2D eigenvalue weighted by Crippen LogP contribution is 2.27. The second kappa shape index (κ2) is 5.84. The third kappa shape index (κ3) is 4.10. The quantitative estimate of drug-likeness (QED) is 0.865. The second-order valence-electron chi connectivity index (χ2n) is 5.10. The van der Waals surface area contributed by atoms with Crippen molar-refractivity contribution in [1.82, 2.24) is 4.31 Å². The lowest BCUT2D eigenvalue weighted by Crippen LogP contribution is -2.38. The van der Waals surface area contributed by atoms with Gasteiger partial charge in [-0.2, -0.15) is 17.5 Å². The van der Waals surface area contributed by atoms with Crippen molar-refractivity contribution in [2.45, 2.75) is 32.0 Å². The van der Waals surface area contributed by atoms with E-state index in [2.05, 4.69) is 0 Å². The van der Waals surface area contributed by atoms with Gasteiger partial charge in [0.2, 0.25) is 10.0 Å². The van der Waals surface area contributed by atoms with Crippen molar-refractivity contribution >= 4 is 15.7 Å². The molecule has 0 bridgehead atoms. The van der Waals surface area contributed by atoms with Crippen LogP contribution in [0.15, 0.2) is 18.2 Å². The first kappa shape index (κ1) is 16.1. The van der Waals surface area contributed by atoms with Gasteiger partial charge in [0.1, 0.15) is 0 Å². The van der Waals surface area contributed by atoms with E-state index in [0.717, 1.165) is 11.1 Å². The molecule has 4 nitrogen and oxygen atoms in total. The highest BCUT2D eigenvalue weighted by Gasteiger charge is 2.31. The van der Waals surface area contributed by atoms with Crippen LogP contribution in [0.1, 0.15) is 24.0 Å². The van der Waals surface area contributed by atoms with Crippen molar-refractivity contribution < 1.29 is 21.6 Å². The van der Waals surface area contributed by atoms with E-state index in [1.165, 1.54) is 4.31 Å². The van der Waals surface area contributed by atoms with Gasteiger partial charge in [0, 0.05) is 25.2 Å². The lowest BCUT2D eigenvalue weighted by atomic mass is 10.00. The second-order valence-corrected chi connectivity index (χ2v) is 7.19. The Morgan fingerprint density at radius 2 is 2.00 bits per heavy atom. The lowest BCUT2D eigenvalue weighted by molar-refractivity contribution is -0.134. The number of fused-ring (bicyclic) bond motifs is 1. The Kier molecular flexibility index (Phi) is 4.48. The van der Waals surface area contributed by atoms with Crippen molar-refractivity contribution in [2.75, 3.05) is 18.0 Å². The van der Waals surface area contributed by atoms with Crippen LogP contribution in [0.2, 0.25) is 0 Å². The Hall–Kier alpha value is -1.28. The van der Waals surface area contributed by atoms with Gasteiger partial charge in [-0.3, -0.25) is 0 Å². The molecular formula is C13H17F3N2O2S. The fourth-order valence-electron chi connectivity index (χ4n) is 2.40. The SMILES string of the molecule is Nc1cccc2c1CN(S(=O)(=O)CCCC(F)(F)F)CC2. The minimum atomic E-state index is -4.32. The van der Waals surface area contributed by atoms with E-state index in [-0.39, 0.29) is 13.1 Å². The molecule has 8 heteroatoms. The number of rotatable bonds is 4. The molecule has 0 saturated carbocycles. The van der Waals surface area contributed by atoms with E-state index in [1.54, 1.807) is 6.07 Å². The Bertz CT molecular complexity index is 614. The summed E-state index contributed by atoms with van der Waals surface area (Å²) in [4.78, 5) is 0. The molecule has 2 N–H and O–H groups in total. The molecule has 1 aliphatic heterocycles. The zero-order chi connectivity index (χ0) is 15.7. The molecule has 2 rings (SSSR count). The van der Waals surface area contributed by atoms with Gasteiger partial charge < -0.3 is 5.73 Å². The highest BCUT2D eigenvalue weighted by molar-refractivity contribution is 7.89. The predicted molar refractivity (Wildman–Crippen MR) is 74.0 cm³/mol. The summed E-state index contributed by atoms with van der Waals surface area (Å²) >= 11 is 0. The molecule has 0 unspecified atom stereocenters. The van der Waals surface area contributed by atoms with E-state index < -0.39 is 34.8 Å². The topological polar surface area (TPSA) is 63.4 Å². The molecule has 0 aliphatic carbocycles. The maximum atomic E-state index is 12.1. The van der Waals surface area contributed by atoms with Crippen molar-refractivity contribution in [1.29, 1.82) is 0 Å². The Labute approximate surface area is 121 Å². The lowest BCUT2D eigenvalue weighted by Gasteiger charge is -2.29. The van der Waals surface area contributed by atoms with Crippen LogP contribution in [-0.2, 0) is 23.0 Å². The summed E-state index contributed by atoms with van der Waals surface area (Å²) in [5, 5.41) is 0. The number of hydrogen-bond acceptors (Lipinski definition) is 3. The maximum absolute atomic E-state index is 12.1. The van der Waals surface area contributed by atoms with Gasteiger partial charge in [0.25, 0.3) is 0 Å². The summed E-state index contributed by atoms with van der Waals surface area (Å²) in [5.74, 6) is -0.491. The third-order valence-electron chi connectivity index (χ3n) is 3.53. The standard InChI is InChI=1S/C13H17F3N2O2S/c14-13(15,16)6-2-8-21(19,20)18-7-5-10-3-1-4-12(17)11(10)9-18/h1,3-4H,2,5-9,17H2. The third-order valence-corrected chi connectivity index (χ3v) is 5.43. The Balaban J connectivity index is 2.04. The summed E-state index contributed by atoms with van der Waals surface area (Å²) in [5.41, 5.74) is 8.10. The number of hydrogen-bond donors (Lipinski definition) is 1. The van der Waals surface area contributed by atoms with E-state index in [0.29, 0.717) is 12.1 Å². The predicted octanol–water partition coefficient (Wildman–Crippen LogP) is 2.30. The molecule has 0 saturated heterocycles. The fraction of sp³-hybridized carbons (Fsp3) is 0.538. The van der Waals surface area contributed by atoms with Crippen LogP contribution in [-0.4, -0.2) is 31.2 Å². The van der Waals surface area contributed by atoms with Gasteiger partial charge in [-0.05, 0) is 30.0 Å². The summed E-state index contributed by atoms with van der Waals surface area (Å²) < 4.78 is 61.7. The molecule has 21 heavy (non-hydrogen) atoms. The van der Waals surface area contributed by atoms with Crippen molar-refractivity contribution in [2.24, 2.45) is 0 Å². The van der Waals surface area contributed by atoms with Crippen LogP contribution < -0.4 is 5.73 Å². The summed E-state index contributed by atoms with van der Waals surface area (Å²) in [6, 6.07) is 5.39. The molecule has 1 aromatic rings. The number of anilines is 1. The largest absolute Gasteiger partial charge is 0.398 e. The van der Waals surface area contributed by atoms with Crippen LogP contribution in [0.4, 0.5) is 18.9 Å². The van der Waals surface area contributed by atoms with E-state index in [4.69, 9.17) is 5.73 Å². The first-order chi connectivity index (χ1) is 9.69. The summed E-state index contributed by atoms with van der Waals surface area (Å²) in [6.07, 6.45) is -5.30. The highest BCUT2D eigenvalue weighted by atomic mass is 32.2. The van der Waals surface area contributed by atoms with Crippen LogP contribution in [0.3, 0.4) is 0 Å². The molecular weight excluding hydrogens is 305 g/mol. The fourth-order valence-corrected chi connectivity index (χ4v) is 3.87. The Morgan fingerprint density at radius 1 is 1.29 bits per heavy atom. The van der Waals surface area contributed by atoms with Gasteiger partial charge in [0.15, 0.2) is 0 Å². The van der Waals surface area contributed by atoms with Gasteiger partial charge in [-0.25, -0.2) is 8.42 Å². The van der Waals surface area contributed by atoms with Crippen molar-refractivity contribution in [3.05, 3.63) is 29.3 Å². The molecule has 0 radical (unpaired) electrons. The van der Waals surface area contributed by atoms with E-state index >= 15 is 0 Å². The number of halogens is 3.